The number of rotatable bonds is 25. The zero-order chi connectivity index (χ0) is 39.4. The van der Waals surface area contributed by atoms with E-state index in [1.54, 1.807) is 0 Å². The maximum atomic E-state index is 13.6. The number of hydrogen-bond acceptors (Lipinski definition) is 12. The summed E-state index contributed by atoms with van der Waals surface area (Å²) in [5.41, 5.74) is 22.1. The highest BCUT2D eigenvalue weighted by molar-refractivity contribution is 5.97. The number of aliphatic imine (C=N–C) groups is 1. The van der Waals surface area contributed by atoms with E-state index in [2.05, 4.69) is 36.2 Å². The van der Waals surface area contributed by atoms with Crippen molar-refractivity contribution in [3.63, 3.8) is 0 Å². The van der Waals surface area contributed by atoms with Gasteiger partial charge in [0.25, 0.3) is 0 Å². The number of imidazole rings is 1. The van der Waals surface area contributed by atoms with Crippen molar-refractivity contribution in [1.29, 1.82) is 0 Å². The summed E-state index contributed by atoms with van der Waals surface area (Å²) in [6.45, 7) is -0.928. The van der Waals surface area contributed by atoms with Gasteiger partial charge in [-0.05, 0) is 25.7 Å². The molecule has 1 rings (SSSR count). The molecule has 1 heterocycles. The van der Waals surface area contributed by atoms with E-state index in [0.717, 1.165) is 0 Å². The molecule has 0 saturated heterocycles. The molecule has 24 nitrogen and oxygen atoms in total. The van der Waals surface area contributed by atoms with Crippen LogP contribution < -0.4 is 49.5 Å². The van der Waals surface area contributed by atoms with E-state index in [-0.39, 0.29) is 44.6 Å². The summed E-state index contributed by atoms with van der Waals surface area (Å²) in [7, 11) is 0. The molecule has 0 fully saturated rings. The SMILES string of the molecule is NC(=O)CC[C@H](N)C(=O)N[C@@H](Cc1cnc[nH]1)C(=O)N[C@@H](CCCN=C(N)N)C(=O)N[C@@H](CCC(=O)O)C(=O)N[C@@H](CC(=O)O)C(=O)NCC(=O)O. The van der Waals surface area contributed by atoms with Gasteiger partial charge < -0.3 is 69.8 Å². The first kappa shape index (κ1) is 43.7. The van der Waals surface area contributed by atoms with Crippen LogP contribution in [0.15, 0.2) is 17.5 Å². The number of hydrogen-bond donors (Lipinski definition) is 13. The topological polar surface area (TPSA) is 420 Å². The lowest BCUT2D eigenvalue weighted by Crippen LogP contribution is -2.59. The molecule has 0 aromatic carbocycles. The lowest BCUT2D eigenvalue weighted by atomic mass is 10.0. The quantitative estimate of drug-likeness (QED) is 0.0252. The summed E-state index contributed by atoms with van der Waals surface area (Å²) < 4.78 is 0. The number of nitrogens with one attached hydrogen (secondary N) is 6. The van der Waals surface area contributed by atoms with Crippen molar-refractivity contribution in [2.75, 3.05) is 13.1 Å². The summed E-state index contributed by atoms with van der Waals surface area (Å²) in [4.78, 5) is 121. The van der Waals surface area contributed by atoms with Gasteiger partial charge >= 0.3 is 17.9 Å². The number of aromatic nitrogens is 2. The van der Waals surface area contributed by atoms with E-state index < -0.39 is 109 Å². The molecule has 0 aliphatic carbocycles. The van der Waals surface area contributed by atoms with Crippen LogP contribution in [0.4, 0.5) is 0 Å². The van der Waals surface area contributed by atoms with Crippen LogP contribution in [0.5, 0.6) is 0 Å². The second-order valence-corrected chi connectivity index (χ2v) is 11.2. The fourth-order valence-corrected chi connectivity index (χ4v) is 4.33. The summed E-state index contributed by atoms with van der Waals surface area (Å²) in [5.74, 6) is -10.6. The Morgan fingerprint density at radius 3 is 1.81 bits per heavy atom. The average Bonchev–Trinajstić information content (AvgIpc) is 3.57. The van der Waals surface area contributed by atoms with Gasteiger partial charge in [-0.2, -0.15) is 0 Å². The molecular weight excluding hydrogens is 696 g/mol. The highest BCUT2D eigenvalue weighted by Gasteiger charge is 2.33. The Morgan fingerprint density at radius 2 is 1.29 bits per heavy atom. The molecule has 24 heteroatoms. The minimum atomic E-state index is -1.83. The zero-order valence-corrected chi connectivity index (χ0v) is 27.8. The van der Waals surface area contributed by atoms with E-state index in [4.69, 9.17) is 28.0 Å². The van der Waals surface area contributed by atoms with Crippen molar-refractivity contribution < 1.29 is 58.5 Å². The third-order valence-corrected chi connectivity index (χ3v) is 6.93. The third-order valence-electron chi connectivity index (χ3n) is 6.93. The smallest absolute Gasteiger partial charge is 0.322 e. The van der Waals surface area contributed by atoms with Gasteiger partial charge in [-0.1, -0.05) is 0 Å². The number of carbonyl (C=O) groups is 9. The summed E-state index contributed by atoms with van der Waals surface area (Å²) in [5, 5.41) is 38.5. The standard InChI is InChI=1S/C28H44N12O12/c29-14(3-5-19(30)41)23(48)39-17(8-13-10-33-12-36-13)27(52)37-15(2-1-7-34-28(31)32)25(50)38-16(4-6-20(42)43)26(51)40-18(9-21(44)45)24(49)35-11-22(46)47/h10,12,14-18H,1-9,11,29H2,(H2,30,41)(H,33,36)(H,35,49)(H,37,52)(H,38,50)(H,39,48)(H,40,51)(H,42,43)(H,44,45)(H,46,47)(H4,31,32,34)/t14-,15-,16-,17-,18-/m0/s1. The maximum Gasteiger partial charge on any atom is 0.322 e. The van der Waals surface area contributed by atoms with Gasteiger partial charge in [0.2, 0.25) is 35.4 Å². The van der Waals surface area contributed by atoms with Crippen LogP contribution in [0.25, 0.3) is 0 Å². The molecular formula is C28H44N12O12. The Labute approximate surface area is 295 Å². The van der Waals surface area contributed by atoms with Crippen LogP contribution in [-0.2, 0) is 49.6 Å². The van der Waals surface area contributed by atoms with Crippen LogP contribution >= 0.6 is 0 Å². The normalized spacial score (nSPS) is 13.5. The summed E-state index contributed by atoms with van der Waals surface area (Å²) in [6.07, 6.45) is -0.228. The molecule has 0 bridgehead atoms. The Hall–Kier alpha value is -6.33. The molecule has 52 heavy (non-hydrogen) atoms. The molecule has 0 aliphatic rings. The number of primary amides is 1. The number of carboxylic acids is 3. The second kappa shape index (κ2) is 22.4. The van der Waals surface area contributed by atoms with E-state index >= 15 is 0 Å². The molecule has 0 aliphatic heterocycles. The Kier molecular flexibility index (Phi) is 18.8. The lowest BCUT2D eigenvalue weighted by molar-refractivity contribution is -0.142. The van der Waals surface area contributed by atoms with Crippen molar-refractivity contribution in [1.82, 2.24) is 36.6 Å². The van der Waals surface area contributed by atoms with Crippen molar-refractivity contribution >= 4 is 59.3 Å². The number of aliphatic carboxylic acids is 3. The third kappa shape index (κ3) is 17.9. The monoisotopic (exact) mass is 740 g/mol. The van der Waals surface area contributed by atoms with Crippen molar-refractivity contribution in [3.05, 3.63) is 18.2 Å². The molecule has 0 radical (unpaired) electrons. The molecule has 1 aromatic heterocycles. The Morgan fingerprint density at radius 1 is 0.712 bits per heavy atom. The Balaban J connectivity index is 3.35. The number of nitrogens with two attached hydrogens (primary N) is 4. The number of nitrogens with zero attached hydrogens (tertiary/aromatic N) is 2. The van der Waals surface area contributed by atoms with Gasteiger partial charge in [-0.15, -0.1) is 0 Å². The first-order valence-electron chi connectivity index (χ1n) is 15.6. The fourth-order valence-electron chi connectivity index (χ4n) is 4.33. The zero-order valence-electron chi connectivity index (χ0n) is 27.8. The minimum absolute atomic E-state index is 0.0176. The summed E-state index contributed by atoms with van der Waals surface area (Å²) in [6, 6.07) is -7.65. The second-order valence-electron chi connectivity index (χ2n) is 11.2. The van der Waals surface area contributed by atoms with Crippen LogP contribution in [0, 0.1) is 0 Å². The summed E-state index contributed by atoms with van der Waals surface area (Å²) >= 11 is 0. The predicted molar refractivity (Wildman–Crippen MR) is 176 cm³/mol. The van der Waals surface area contributed by atoms with Crippen LogP contribution in [-0.4, -0.2) is 128 Å². The van der Waals surface area contributed by atoms with Gasteiger partial charge in [-0.25, -0.2) is 4.98 Å². The first-order valence-corrected chi connectivity index (χ1v) is 15.6. The fraction of sp³-hybridized carbons (Fsp3) is 0.536. The highest BCUT2D eigenvalue weighted by Crippen LogP contribution is 2.07. The molecule has 5 atom stereocenters. The van der Waals surface area contributed by atoms with E-state index in [1.807, 2.05) is 5.32 Å². The molecule has 0 saturated carbocycles. The largest absolute Gasteiger partial charge is 0.481 e. The van der Waals surface area contributed by atoms with Gasteiger partial charge in [-0.3, -0.25) is 48.1 Å². The van der Waals surface area contributed by atoms with Gasteiger partial charge in [0, 0.05) is 37.7 Å². The maximum absolute atomic E-state index is 13.6. The van der Waals surface area contributed by atoms with Crippen molar-refractivity contribution in [2.45, 2.75) is 81.6 Å². The highest BCUT2D eigenvalue weighted by atomic mass is 16.4. The number of amides is 6. The van der Waals surface area contributed by atoms with Gasteiger partial charge in [0.15, 0.2) is 5.96 Å². The number of guanidine groups is 1. The number of carbonyl (C=O) groups excluding carboxylic acids is 6. The van der Waals surface area contributed by atoms with Gasteiger partial charge in [0.1, 0.15) is 30.7 Å². The predicted octanol–water partition coefficient (Wildman–Crippen LogP) is -5.92. The molecule has 0 unspecified atom stereocenters. The van der Waals surface area contributed by atoms with E-state index in [0.29, 0.717) is 5.69 Å². The number of H-pyrrole nitrogens is 1. The van der Waals surface area contributed by atoms with Crippen LogP contribution in [0.3, 0.4) is 0 Å². The van der Waals surface area contributed by atoms with Crippen molar-refractivity contribution in [2.24, 2.45) is 27.9 Å². The molecule has 288 valence electrons. The minimum Gasteiger partial charge on any atom is -0.481 e. The first-order chi connectivity index (χ1) is 24.4. The Bertz CT molecular complexity index is 1470. The van der Waals surface area contributed by atoms with Crippen LogP contribution in [0.1, 0.15) is 50.6 Å². The van der Waals surface area contributed by atoms with E-state index in [1.165, 1.54) is 12.5 Å². The van der Waals surface area contributed by atoms with Gasteiger partial charge in [0.05, 0.1) is 18.8 Å². The molecule has 17 N–H and O–H groups in total. The average molecular weight is 741 g/mol. The van der Waals surface area contributed by atoms with Crippen LogP contribution in [0.2, 0.25) is 0 Å². The molecule has 6 amide bonds. The lowest BCUT2D eigenvalue weighted by Gasteiger charge is -2.26. The molecule has 0 spiro atoms. The van der Waals surface area contributed by atoms with E-state index in [9.17, 15) is 53.4 Å². The number of carboxylic acid groups (broad SMARTS) is 3. The van der Waals surface area contributed by atoms with Crippen molar-refractivity contribution in [3.8, 4) is 0 Å². The number of aromatic amines is 1. The molecule has 1 aromatic rings.